The van der Waals surface area contributed by atoms with Crippen molar-refractivity contribution in [3.63, 3.8) is 0 Å². The van der Waals surface area contributed by atoms with Gasteiger partial charge in [-0.3, -0.25) is 4.52 Å². The lowest BCUT2D eigenvalue weighted by Crippen LogP contribution is -2.15. The molecule has 0 aliphatic carbocycles. The van der Waals surface area contributed by atoms with Crippen molar-refractivity contribution in [3.8, 4) is 0 Å². The summed E-state index contributed by atoms with van der Waals surface area (Å²) in [6.45, 7) is 8.88. The monoisotopic (exact) mass is 500 g/mol. The summed E-state index contributed by atoms with van der Waals surface area (Å²) in [4.78, 5) is 28.5. The van der Waals surface area contributed by atoms with Crippen molar-refractivity contribution in [2.45, 2.75) is 73.1 Å². The lowest BCUT2D eigenvalue weighted by Gasteiger charge is -2.23. The third-order valence-corrected chi connectivity index (χ3v) is 7.32. The molecule has 0 rings (SSSR count). The lowest BCUT2D eigenvalue weighted by molar-refractivity contribution is -0.226. The molecule has 30 heavy (non-hydrogen) atoms. The highest BCUT2D eigenvalue weighted by Gasteiger charge is 2.45. The quantitative estimate of drug-likeness (QED) is 0.103. The molecule has 0 fully saturated rings. The first-order valence-corrected chi connectivity index (χ1v) is 14.1. The Balaban J connectivity index is 4.94. The van der Waals surface area contributed by atoms with Gasteiger partial charge in [0, 0.05) is 0 Å². The van der Waals surface area contributed by atoms with E-state index in [1.165, 1.54) is 0 Å². The summed E-state index contributed by atoms with van der Waals surface area (Å²) >= 11 is 0. The fourth-order valence-electron chi connectivity index (χ4n) is 1.64. The number of hydrogen-bond donors (Lipinski definition) is 2. The van der Waals surface area contributed by atoms with Crippen molar-refractivity contribution in [2.75, 3.05) is 19.8 Å². The van der Waals surface area contributed by atoms with E-state index in [1.807, 2.05) is 13.8 Å². The van der Waals surface area contributed by atoms with Gasteiger partial charge in [0.1, 0.15) is 0 Å². The number of phosphoric acid groups is 3. The highest BCUT2D eigenvalue weighted by atomic mass is 31.3. The van der Waals surface area contributed by atoms with Crippen LogP contribution in [0.25, 0.3) is 0 Å². The van der Waals surface area contributed by atoms with Crippen LogP contribution < -0.4 is 0 Å². The molecule has 0 amide bonds. The van der Waals surface area contributed by atoms with Gasteiger partial charge in [0.2, 0.25) is 0 Å². The highest BCUT2D eigenvalue weighted by Crippen LogP contribution is 2.69. The summed E-state index contributed by atoms with van der Waals surface area (Å²) in [6, 6.07) is 0. The molecule has 0 heterocycles. The molecule has 12 nitrogen and oxygen atoms in total. The minimum absolute atomic E-state index is 0.0177. The van der Waals surface area contributed by atoms with Crippen LogP contribution in [-0.4, -0.2) is 29.6 Å². The zero-order chi connectivity index (χ0) is 23.3. The minimum Gasteiger partial charge on any atom is -0.302 e. The number of unbranched alkanes of at least 4 members (excludes halogenated alkanes) is 4. The van der Waals surface area contributed by atoms with Gasteiger partial charge in [-0.25, -0.2) is 23.5 Å². The molecule has 2 N–H and O–H groups in total. The fraction of sp³-hybridized carbons (Fsp3) is 1.00. The Bertz CT molecular complexity index is 606. The van der Waals surface area contributed by atoms with E-state index in [1.54, 1.807) is 20.8 Å². The van der Waals surface area contributed by atoms with E-state index >= 15 is 0 Å². The van der Waals surface area contributed by atoms with Crippen LogP contribution in [0.3, 0.4) is 0 Å². The predicted octanol–water partition coefficient (Wildman–Crippen LogP) is 5.67. The van der Waals surface area contributed by atoms with Gasteiger partial charge in [-0.2, -0.15) is 8.62 Å². The van der Waals surface area contributed by atoms with Crippen LogP contribution in [0.5, 0.6) is 0 Å². The van der Waals surface area contributed by atoms with Crippen molar-refractivity contribution in [2.24, 2.45) is 5.41 Å². The third kappa shape index (κ3) is 17.0. The molecule has 0 aromatic carbocycles. The van der Waals surface area contributed by atoms with Gasteiger partial charge in [-0.05, 0) is 18.3 Å². The zero-order valence-corrected chi connectivity index (χ0v) is 20.9. The molecule has 3 atom stereocenters. The Hall–Kier alpha value is 0.330. The second kappa shape index (κ2) is 14.5. The fourth-order valence-corrected chi connectivity index (χ4v) is 5.49. The van der Waals surface area contributed by atoms with Crippen LogP contribution in [0.1, 0.15) is 73.1 Å². The summed E-state index contributed by atoms with van der Waals surface area (Å²) in [5.41, 5.74) is -0.521. The van der Waals surface area contributed by atoms with E-state index in [0.29, 0.717) is 12.8 Å². The molecule has 0 spiro atoms. The molecule has 0 saturated carbocycles. The lowest BCUT2D eigenvalue weighted by atomic mass is 9.99. The van der Waals surface area contributed by atoms with Gasteiger partial charge in [0.05, 0.1) is 19.8 Å². The van der Waals surface area contributed by atoms with Crippen LogP contribution >= 0.6 is 23.5 Å². The smallest absolute Gasteiger partial charge is 0.302 e. The highest BCUT2D eigenvalue weighted by molar-refractivity contribution is 7.67. The van der Waals surface area contributed by atoms with E-state index in [0.717, 1.165) is 25.7 Å². The molecule has 0 bridgehead atoms. The summed E-state index contributed by atoms with van der Waals surface area (Å²) in [5, 5.41) is 0. The maximum atomic E-state index is 12.7. The van der Waals surface area contributed by atoms with E-state index in [4.69, 9.17) is 9.41 Å². The van der Waals surface area contributed by atoms with E-state index in [2.05, 4.69) is 22.9 Å². The van der Waals surface area contributed by atoms with Crippen molar-refractivity contribution < 1.29 is 55.8 Å². The Labute approximate surface area is 178 Å². The van der Waals surface area contributed by atoms with Gasteiger partial charge in [-0.1, -0.05) is 60.3 Å². The number of rotatable bonds is 18. The molecule has 0 aromatic rings. The van der Waals surface area contributed by atoms with E-state index < -0.39 is 28.9 Å². The van der Waals surface area contributed by atoms with Gasteiger partial charge < -0.3 is 9.79 Å². The van der Waals surface area contributed by atoms with Crippen molar-refractivity contribution in [1.82, 2.24) is 0 Å². The van der Waals surface area contributed by atoms with E-state index in [9.17, 15) is 23.5 Å². The molecule has 15 heteroatoms. The maximum absolute atomic E-state index is 12.7. The zero-order valence-electron chi connectivity index (χ0n) is 18.2. The normalized spacial score (nSPS) is 18.5. The first-order valence-electron chi connectivity index (χ1n) is 9.69. The molecule has 0 aliphatic rings. The van der Waals surface area contributed by atoms with E-state index in [-0.39, 0.29) is 19.8 Å². The van der Waals surface area contributed by atoms with Crippen LogP contribution in [0.15, 0.2) is 0 Å². The average Bonchev–Trinajstić information content (AvgIpc) is 2.57. The maximum Gasteiger partial charge on any atom is 0.511 e. The first kappa shape index (κ1) is 30.3. The second-order valence-electron chi connectivity index (χ2n) is 7.59. The molecular formula is C15H35O12P3. The van der Waals surface area contributed by atoms with Gasteiger partial charge in [0.25, 0.3) is 0 Å². The Kier molecular flexibility index (Phi) is 14.6. The van der Waals surface area contributed by atoms with Crippen LogP contribution in [0.2, 0.25) is 0 Å². The molecule has 0 saturated heterocycles. The second-order valence-corrected chi connectivity index (χ2v) is 12.2. The van der Waals surface area contributed by atoms with Crippen molar-refractivity contribution in [1.29, 1.82) is 0 Å². The van der Waals surface area contributed by atoms with Gasteiger partial charge >= 0.3 is 23.5 Å². The SMILES string of the molecule is CCCCCOOP(=O)(O)OP(=O)(O)OP(=O)(OCC(C)(C)C)OOCCCCC. The summed E-state index contributed by atoms with van der Waals surface area (Å²) < 4.78 is 58.8. The van der Waals surface area contributed by atoms with Crippen LogP contribution in [-0.2, 0) is 46.0 Å². The molecule has 0 radical (unpaired) electrons. The Morgan fingerprint density at radius 1 is 0.733 bits per heavy atom. The number of hydrogen-bond acceptors (Lipinski definition) is 10. The minimum atomic E-state index is -5.45. The van der Waals surface area contributed by atoms with Crippen LogP contribution in [0.4, 0.5) is 0 Å². The van der Waals surface area contributed by atoms with Crippen molar-refractivity contribution in [3.05, 3.63) is 0 Å². The van der Waals surface area contributed by atoms with Crippen molar-refractivity contribution >= 4 is 23.5 Å². The molecule has 3 unspecified atom stereocenters. The molecule has 0 aromatic heterocycles. The Morgan fingerprint density at radius 2 is 1.23 bits per heavy atom. The molecular weight excluding hydrogens is 465 g/mol. The first-order chi connectivity index (χ1) is 13.7. The summed E-state index contributed by atoms with van der Waals surface area (Å²) in [6.07, 6.45) is 4.46. The largest absolute Gasteiger partial charge is 0.511 e. The average molecular weight is 500 g/mol. The predicted molar refractivity (Wildman–Crippen MR) is 108 cm³/mol. The third-order valence-electron chi connectivity index (χ3n) is 3.02. The van der Waals surface area contributed by atoms with Gasteiger partial charge in [-0.15, -0.1) is 9.35 Å². The standard InChI is InChI=1S/C15H35O12P3/c1-6-8-10-12-21-24-28(16,17)26-29(18,19)27-30(20,23-14-15(3,4)5)25-22-13-11-9-7-2/h6-14H2,1-5H3,(H,16,17)(H,18,19). The summed E-state index contributed by atoms with van der Waals surface area (Å²) in [7, 11) is -15.4. The Morgan fingerprint density at radius 3 is 1.70 bits per heavy atom. The topological polar surface area (TPSA) is 156 Å². The van der Waals surface area contributed by atoms with Crippen LogP contribution in [0, 0.1) is 5.41 Å². The van der Waals surface area contributed by atoms with Gasteiger partial charge in [0.15, 0.2) is 0 Å². The summed E-state index contributed by atoms with van der Waals surface area (Å²) in [5.74, 6) is 0. The molecule has 0 aliphatic heterocycles. The molecule has 182 valence electrons.